The van der Waals surface area contributed by atoms with Crippen molar-refractivity contribution in [2.24, 2.45) is 5.10 Å². The lowest BCUT2D eigenvalue weighted by atomic mass is 10.2. The van der Waals surface area contributed by atoms with E-state index in [1.54, 1.807) is 50.6 Å². The van der Waals surface area contributed by atoms with Crippen molar-refractivity contribution < 1.29 is 19.1 Å². The Morgan fingerprint density at radius 1 is 1.04 bits per heavy atom. The molecule has 0 unspecified atom stereocenters. The Kier molecular flexibility index (Phi) is 7.59. The highest BCUT2D eigenvalue weighted by Gasteiger charge is 2.03. The Morgan fingerprint density at radius 2 is 1.78 bits per heavy atom. The SMILES string of the molecule is COc1ccc(C=NNC(=O)CNC(=O)/C=C/c2ccccc2OC)cc1. The number of carbonyl (C=O) groups is 2. The summed E-state index contributed by atoms with van der Waals surface area (Å²) in [6.07, 6.45) is 4.46. The van der Waals surface area contributed by atoms with Crippen molar-refractivity contribution in [3.63, 3.8) is 0 Å². The summed E-state index contributed by atoms with van der Waals surface area (Å²) >= 11 is 0. The van der Waals surface area contributed by atoms with Crippen LogP contribution in [0.5, 0.6) is 11.5 Å². The van der Waals surface area contributed by atoms with Crippen molar-refractivity contribution in [2.45, 2.75) is 0 Å². The summed E-state index contributed by atoms with van der Waals surface area (Å²) in [5.74, 6) is 0.571. The summed E-state index contributed by atoms with van der Waals surface area (Å²) in [5, 5.41) is 6.32. The van der Waals surface area contributed by atoms with Crippen LogP contribution in [0, 0.1) is 0 Å². The van der Waals surface area contributed by atoms with E-state index in [0.29, 0.717) is 5.75 Å². The molecule has 0 aliphatic rings. The zero-order chi connectivity index (χ0) is 19.5. The Hall–Kier alpha value is -3.61. The third-order valence-corrected chi connectivity index (χ3v) is 3.50. The number of nitrogens with one attached hydrogen (secondary N) is 2. The topological polar surface area (TPSA) is 89.0 Å². The van der Waals surface area contributed by atoms with Gasteiger partial charge in [-0.15, -0.1) is 0 Å². The number of hydrazone groups is 1. The third kappa shape index (κ3) is 6.66. The molecule has 0 fully saturated rings. The molecule has 140 valence electrons. The van der Waals surface area contributed by atoms with Gasteiger partial charge >= 0.3 is 0 Å². The maximum absolute atomic E-state index is 11.8. The monoisotopic (exact) mass is 367 g/mol. The molecular formula is C20H21N3O4. The van der Waals surface area contributed by atoms with Crippen LogP contribution >= 0.6 is 0 Å². The van der Waals surface area contributed by atoms with E-state index < -0.39 is 11.8 Å². The lowest BCUT2D eigenvalue weighted by Gasteiger charge is -2.04. The second-order valence-electron chi connectivity index (χ2n) is 5.36. The molecule has 0 radical (unpaired) electrons. The molecule has 0 aliphatic carbocycles. The lowest BCUT2D eigenvalue weighted by Crippen LogP contribution is -2.34. The van der Waals surface area contributed by atoms with Crippen molar-refractivity contribution in [1.29, 1.82) is 0 Å². The van der Waals surface area contributed by atoms with Gasteiger partial charge in [-0.1, -0.05) is 18.2 Å². The molecule has 2 rings (SSSR count). The van der Waals surface area contributed by atoms with Gasteiger partial charge in [0.05, 0.1) is 27.0 Å². The maximum Gasteiger partial charge on any atom is 0.259 e. The van der Waals surface area contributed by atoms with Gasteiger partial charge in [-0.3, -0.25) is 9.59 Å². The fraction of sp³-hybridized carbons (Fsp3) is 0.150. The van der Waals surface area contributed by atoms with Crippen LogP contribution in [0.25, 0.3) is 6.08 Å². The van der Waals surface area contributed by atoms with Gasteiger partial charge in [0.1, 0.15) is 11.5 Å². The first-order chi connectivity index (χ1) is 13.1. The van der Waals surface area contributed by atoms with Gasteiger partial charge in [0.15, 0.2) is 0 Å². The highest BCUT2D eigenvalue weighted by Crippen LogP contribution is 2.18. The van der Waals surface area contributed by atoms with Crippen LogP contribution < -0.4 is 20.2 Å². The first-order valence-corrected chi connectivity index (χ1v) is 8.17. The normalized spacial score (nSPS) is 10.7. The summed E-state index contributed by atoms with van der Waals surface area (Å²) in [6, 6.07) is 14.5. The smallest absolute Gasteiger partial charge is 0.259 e. The van der Waals surface area contributed by atoms with Gasteiger partial charge in [0, 0.05) is 11.6 Å². The van der Waals surface area contributed by atoms with Gasteiger partial charge in [-0.25, -0.2) is 5.43 Å². The molecule has 0 spiro atoms. The second kappa shape index (κ2) is 10.4. The van der Waals surface area contributed by atoms with Gasteiger partial charge in [-0.2, -0.15) is 5.10 Å². The van der Waals surface area contributed by atoms with Crippen LogP contribution in [0.2, 0.25) is 0 Å². The van der Waals surface area contributed by atoms with Crippen molar-refractivity contribution in [3.05, 3.63) is 65.7 Å². The molecule has 7 heteroatoms. The van der Waals surface area contributed by atoms with Gasteiger partial charge < -0.3 is 14.8 Å². The fourth-order valence-corrected chi connectivity index (χ4v) is 2.10. The van der Waals surface area contributed by atoms with Crippen molar-refractivity contribution in [3.8, 4) is 11.5 Å². The average molecular weight is 367 g/mol. The minimum absolute atomic E-state index is 0.185. The van der Waals surface area contributed by atoms with E-state index >= 15 is 0 Å². The molecule has 2 aromatic rings. The molecular weight excluding hydrogens is 346 g/mol. The molecule has 7 nitrogen and oxygen atoms in total. The largest absolute Gasteiger partial charge is 0.497 e. The van der Waals surface area contributed by atoms with Gasteiger partial charge in [0.25, 0.3) is 5.91 Å². The molecule has 0 atom stereocenters. The van der Waals surface area contributed by atoms with Crippen LogP contribution in [0.4, 0.5) is 0 Å². The van der Waals surface area contributed by atoms with Gasteiger partial charge in [-0.05, 0) is 42.0 Å². The van der Waals surface area contributed by atoms with Crippen molar-refractivity contribution in [2.75, 3.05) is 20.8 Å². The van der Waals surface area contributed by atoms with Crippen LogP contribution in [0.3, 0.4) is 0 Å². The average Bonchev–Trinajstić information content (AvgIpc) is 2.71. The molecule has 2 N–H and O–H groups in total. The molecule has 0 aromatic heterocycles. The first-order valence-electron chi connectivity index (χ1n) is 8.17. The number of carbonyl (C=O) groups excluding carboxylic acids is 2. The number of amides is 2. The fourth-order valence-electron chi connectivity index (χ4n) is 2.10. The maximum atomic E-state index is 11.8. The minimum atomic E-state index is -0.432. The van der Waals surface area contributed by atoms with E-state index in [2.05, 4.69) is 15.8 Å². The van der Waals surface area contributed by atoms with Crippen LogP contribution in [0.15, 0.2) is 59.7 Å². The predicted octanol–water partition coefficient (Wildman–Crippen LogP) is 1.98. The number of methoxy groups -OCH3 is 2. The molecule has 0 aliphatic heterocycles. The zero-order valence-electron chi connectivity index (χ0n) is 15.1. The quantitative estimate of drug-likeness (QED) is 0.424. The number of hydrogen-bond acceptors (Lipinski definition) is 5. The van der Waals surface area contributed by atoms with E-state index in [0.717, 1.165) is 16.9 Å². The Morgan fingerprint density at radius 3 is 2.48 bits per heavy atom. The summed E-state index contributed by atoms with van der Waals surface area (Å²) in [4.78, 5) is 23.5. The number of rotatable bonds is 8. The molecule has 0 bridgehead atoms. The Labute approximate surface area is 157 Å². The summed E-state index contributed by atoms with van der Waals surface area (Å²) in [6.45, 7) is -0.185. The molecule has 0 heterocycles. The number of para-hydroxylation sites is 1. The number of nitrogens with zero attached hydrogens (tertiary/aromatic N) is 1. The van der Waals surface area contributed by atoms with E-state index in [1.165, 1.54) is 12.3 Å². The molecule has 2 amide bonds. The first kappa shape index (κ1) is 19.7. The van der Waals surface area contributed by atoms with Crippen molar-refractivity contribution in [1.82, 2.24) is 10.7 Å². The highest BCUT2D eigenvalue weighted by atomic mass is 16.5. The number of hydrogen-bond donors (Lipinski definition) is 2. The van der Waals surface area contributed by atoms with E-state index in [1.807, 2.05) is 18.2 Å². The predicted molar refractivity (Wildman–Crippen MR) is 104 cm³/mol. The molecule has 0 saturated heterocycles. The highest BCUT2D eigenvalue weighted by molar-refractivity contribution is 5.94. The summed E-state index contributed by atoms with van der Waals surface area (Å²) in [5.41, 5.74) is 3.92. The Bertz CT molecular complexity index is 829. The number of benzene rings is 2. The summed E-state index contributed by atoms with van der Waals surface area (Å²) in [7, 11) is 3.15. The molecule has 2 aromatic carbocycles. The molecule has 27 heavy (non-hydrogen) atoms. The standard InChI is InChI=1S/C20H21N3O4/c1-26-17-10-7-15(8-11-17)13-22-23-20(25)14-21-19(24)12-9-16-5-3-4-6-18(16)27-2/h3-13H,14H2,1-2H3,(H,21,24)(H,23,25)/b12-9+,22-13?. The van der Waals surface area contributed by atoms with Crippen LogP contribution in [0.1, 0.15) is 11.1 Å². The number of ether oxygens (including phenoxy) is 2. The summed E-state index contributed by atoms with van der Waals surface area (Å²) < 4.78 is 10.3. The minimum Gasteiger partial charge on any atom is -0.497 e. The van der Waals surface area contributed by atoms with Crippen LogP contribution in [-0.2, 0) is 9.59 Å². The zero-order valence-corrected chi connectivity index (χ0v) is 15.1. The van der Waals surface area contributed by atoms with E-state index in [9.17, 15) is 9.59 Å². The van der Waals surface area contributed by atoms with E-state index in [-0.39, 0.29) is 6.54 Å². The van der Waals surface area contributed by atoms with E-state index in [4.69, 9.17) is 9.47 Å². The Balaban J connectivity index is 1.76. The van der Waals surface area contributed by atoms with Crippen LogP contribution in [-0.4, -0.2) is 38.8 Å². The second-order valence-corrected chi connectivity index (χ2v) is 5.36. The lowest BCUT2D eigenvalue weighted by molar-refractivity contribution is -0.123. The van der Waals surface area contributed by atoms with Gasteiger partial charge in [0.2, 0.25) is 5.91 Å². The third-order valence-electron chi connectivity index (χ3n) is 3.50. The van der Waals surface area contributed by atoms with Crippen molar-refractivity contribution >= 4 is 24.1 Å². The molecule has 0 saturated carbocycles.